The van der Waals surface area contributed by atoms with E-state index in [0.717, 1.165) is 56.2 Å². The molecule has 5 rings (SSSR count). The second kappa shape index (κ2) is 14.6. The Labute approximate surface area is 211 Å². The van der Waals surface area contributed by atoms with Gasteiger partial charge in [-0.15, -0.1) is 0 Å². The number of carbonyl (C=O) groups is 1. The number of anilines is 1. The van der Waals surface area contributed by atoms with E-state index in [1.165, 1.54) is 44.3 Å². The van der Waals surface area contributed by atoms with Crippen LogP contribution in [0.4, 0.5) is 5.69 Å². The Morgan fingerprint density at radius 3 is 2.03 bits per heavy atom. The van der Waals surface area contributed by atoms with E-state index in [9.17, 15) is 4.79 Å². The standard InChI is InChI=1S/C18H26N2O3.C7H8.C4H9N/c1-14(21)19-9-11-20(12-10-19)15-7-8-17(22-2)18(13-15)23-16-5-3-4-6-16;1-7-5-3-2-4-6-7;1-2-4-5-3-1/h7-8,13,16H,3-6,9-12H2,1-2H3;2-6H,1H3;5H,1-4H2. The summed E-state index contributed by atoms with van der Waals surface area (Å²) in [6.45, 7) is 9.49. The van der Waals surface area contributed by atoms with Crippen LogP contribution in [0.5, 0.6) is 11.5 Å². The molecule has 0 aromatic heterocycles. The Morgan fingerprint density at radius 2 is 1.54 bits per heavy atom. The molecule has 3 fully saturated rings. The highest BCUT2D eigenvalue weighted by atomic mass is 16.5. The first kappa shape index (κ1) is 26.9. The fraction of sp³-hybridized carbons (Fsp3) is 0.552. The van der Waals surface area contributed by atoms with Gasteiger partial charge in [0.05, 0.1) is 13.2 Å². The van der Waals surface area contributed by atoms with E-state index in [1.807, 2.05) is 29.2 Å². The number of nitrogens with zero attached hydrogens (tertiary/aromatic N) is 2. The third kappa shape index (κ3) is 9.10. The molecule has 2 heterocycles. The van der Waals surface area contributed by atoms with Crippen molar-refractivity contribution in [3.05, 3.63) is 54.1 Å². The number of nitrogens with one attached hydrogen (secondary N) is 1. The van der Waals surface area contributed by atoms with Gasteiger partial charge in [-0.05, 0) is 70.7 Å². The number of hydrogen-bond donors (Lipinski definition) is 1. The van der Waals surface area contributed by atoms with Crippen molar-refractivity contribution >= 4 is 11.6 Å². The molecule has 35 heavy (non-hydrogen) atoms. The minimum atomic E-state index is 0.157. The molecule has 3 aliphatic rings. The predicted molar refractivity (Wildman–Crippen MR) is 144 cm³/mol. The second-order valence-corrected chi connectivity index (χ2v) is 9.46. The number of amides is 1. The van der Waals surface area contributed by atoms with Crippen LogP contribution in [0.1, 0.15) is 51.0 Å². The predicted octanol–water partition coefficient (Wildman–Crippen LogP) is 5.05. The zero-order valence-electron chi connectivity index (χ0n) is 21.8. The first-order valence-electron chi connectivity index (χ1n) is 13.1. The Morgan fingerprint density at radius 1 is 0.886 bits per heavy atom. The fourth-order valence-corrected chi connectivity index (χ4v) is 4.58. The van der Waals surface area contributed by atoms with Crippen LogP contribution in [0.15, 0.2) is 48.5 Å². The van der Waals surface area contributed by atoms with Crippen LogP contribution in [0.2, 0.25) is 0 Å². The summed E-state index contributed by atoms with van der Waals surface area (Å²) in [4.78, 5) is 15.6. The monoisotopic (exact) mass is 481 g/mol. The van der Waals surface area contributed by atoms with Gasteiger partial charge in [-0.1, -0.05) is 35.9 Å². The maximum atomic E-state index is 11.4. The van der Waals surface area contributed by atoms with Crippen molar-refractivity contribution in [3.8, 4) is 11.5 Å². The van der Waals surface area contributed by atoms with Crippen molar-refractivity contribution in [1.29, 1.82) is 0 Å². The van der Waals surface area contributed by atoms with E-state index >= 15 is 0 Å². The van der Waals surface area contributed by atoms with Crippen molar-refractivity contribution in [2.75, 3.05) is 51.3 Å². The molecule has 192 valence electrons. The SMILES string of the molecule is C1CCNC1.COc1ccc(N2CCN(C(C)=O)CC2)cc1OC1CCCC1.Cc1ccccc1. The third-order valence-corrected chi connectivity index (χ3v) is 6.73. The van der Waals surface area contributed by atoms with Crippen LogP contribution >= 0.6 is 0 Å². The molecule has 2 aromatic rings. The molecule has 0 radical (unpaired) electrons. The van der Waals surface area contributed by atoms with Gasteiger partial charge < -0.3 is 24.6 Å². The molecule has 6 heteroatoms. The fourth-order valence-electron chi connectivity index (χ4n) is 4.58. The number of piperazine rings is 1. The number of ether oxygens (including phenoxy) is 2. The van der Waals surface area contributed by atoms with E-state index in [2.05, 4.69) is 41.4 Å². The van der Waals surface area contributed by atoms with Crippen molar-refractivity contribution in [3.63, 3.8) is 0 Å². The number of methoxy groups -OCH3 is 1. The first-order chi connectivity index (χ1) is 17.1. The zero-order valence-corrected chi connectivity index (χ0v) is 21.8. The quantitative estimate of drug-likeness (QED) is 0.662. The number of aryl methyl sites for hydroxylation is 1. The highest BCUT2D eigenvalue weighted by Crippen LogP contribution is 2.35. The Balaban J connectivity index is 0.000000231. The minimum absolute atomic E-state index is 0.157. The Hall–Kier alpha value is -2.73. The maximum Gasteiger partial charge on any atom is 0.219 e. The topological polar surface area (TPSA) is 54.0 Å². The van der Waals surface area contributed by atoms with E-state index in [1.54, 1.807) is 14.0 Å². The van der Waals surface area contributed by atoms with Gasteiger partial charge in [-0.2, -0.15) is 0 Å². The molecular formula is C29H43N3O3. The molecule has 0 bridgehead atoms. The average Bonchev–Trinajstić information content (AvgIpc) is 3.63. The molecule has 0 atom stereocenters. The summed E-state index contributed by atoms with van der Waals surface area (Å²) >= 11 is 0. The van der Waals surface area contributed by atoms with Crippen LogP contribution in [0.3, 0.4) is 0 Å². The molecule has 1 saturated carbocycles. The van der Waals surface area contributed by atoms with Gasteiger partial charge in [0.25, 0.3) is 0 Å². The molecule has 1 amide bonds. The van der Waals surface area contributed by atoms with Crippen LogP contribution in [0, 0.1) is 6.92 Å². The molecule has 0 spiro atoms. The summed E-state index contributed by atoms with van der Waals surface area (Å²) in [6.07, 6.45) is 7.85. The van der Waals surface area contributed by atoms with Crippen molar-refractivity contribution in [1.82, 2.24) is 10.2 Å². The lowest BCUT2D eigenvalue weighted by Gasteiger charge is -2.36. The van der Waals surface area contributed by atoms with E-state index in [4.69, 9.17) is 9.47 Å². The van der Waals surface area contributed by atoms with Gasteiger partial charge in [0.2, 0.25) is 5.91 Å². The maximum absolute atomic E-state index is 11.4. The van der Waals surface area contributed by atoms with Crippen molar-refractivity contribution in [2.24, 2.45) is 0 Å². The van der Waals surface area contributed by atoms with Crippen LogP contribution in [-0.4, -0.2) is 63.3 Å². The van der Waals surface area contributed by atoms with Gasteiger partial charge in [0.1, 0.15) is 0 Å². The summed E-state index contributed by atoms with van der Waals surface area (Å²) in [6, 6.07) is 16.4. The Kier molecular flexibility index (Phi) is 11.2. The number of rotatable bonds is 4. The number of hydrogen-bond acceptors (Lipinski definition) is 5. The van der Waals surface area contributed by atoms with Gasteiger partial charge in [-0.3, -0.25) is 4.79 Å². The highest BCUT2D eigenvalue weighted by Gasteiger charge is 2.22. The van der Waals surface area contributed by atoms with Crippen LogP contribution in [0.25, 0.3) is 0 Å². The zero-order chi connectivity index (χ0) is 24.9. The summed E-state index contributed by atoms with van der Waals surface area (Å²) in [5.74, 6) is 1.79. The lowest BCUT2D eigenvalue weighted by atomic mass is 10.2. The average molecular weight is 482 g/mol. The van der Waals surface area contributed by atoms with E-state index in [0.29, 0.717) is 6.10 Å². The Bertz CT molecular complexity index is 864. The van der Waals surface area contributed by atoms with Gasteiger partial charge in [-0.25, -0.2) is 0 Å². The van der Waals surface area contributed by atoms with Gasteiger partial charge >= 0.3 is 0 Å². The minimum Gasteiger partial charge on any atom is -0.493 e. The molecule has 6 nitrogen and oxygen atoms in total. The van der Waals surface area contributed by atoms with Gasteiger partial charge in [0, 0.05) is 44.9 Å². The molecular weight excluding hydrogens is 438 g/mol. The molecule has 1 aliphatic carbocycles. The van der Waals surface area contributed by atoms with E-state index in [-0.39, 0.29) is 5.91 Å². The molecule has 2 saturated heterocycles. The molecule has 2 aliphatic heterocycles. The summed E-state index contributed by atoms with van der Waals surface area (Å²) in [5, 5.41) is 3.22. The second-order valence-electron chi connectivity index (χ2n) is 9.46. The van der Waals surface area contributed by atoms with Crippen LogP contribution < -0.4 is 19.7 Å². The first-order valence-corrected chi connectivity index (χ1v) is 13.1. The summed E-state index contributed by atoms with van der Waals surface area (Å²) < 4.78 is 11.6. The summed E-state index contributed by atoms with van der Waals surface area (Å²) in [7, 11) is 1.68. The third-order valence-electron chi connectivity index (χ3n) is 6.73. The number of carbonyl (C=O) groups excluding carboxylic acids is 1. The largest absolute Gasteiger partial charge is 0.493 e. The van der Waals surface area contributed by atoms with Gasteiger partial charge in [0.15, 0.2) is 11.5 Å². The smallest absolute Gasteiger partial charge is 0.219 e. The normalized spacial score (nSPS) is 17.7. The molecule has 0 unspecified atom stereocenters. The van der Waals surface area contributed by atoms with Crippen molar-refractivity contribution in [2.45, 2.75) is 58.5 Å². The lowest BCUT2D eigenvalue weighted by molar-refractivity contribution is -0.129. The highest BCUT2D eigenvalue weighted by molar-refractivity contribution is 5.73. The van der Waals surface area contributed by atoms with Crippen LogP contribution in [-0.2, 0) is 4.79 Å². The van der Waals surface area contributed by atoms with Crippen molar-refractivity contribution < 1.29 is 14.3 Å². The molecule has 2 aromatic carbocycles. The molecule has 1 N–H and O–H groups in total. The summed E-state index contributed by atoms with van der Waals surface area (Å²) in [5.41, 5.74) is 2.46. The lowest BCUT2D eigenvalue weighted by Crippen LogP contribution is -2.48. The van der Waals surface area contributed by atoms with E-state index < -0.39 is 0 Å². The number of benzene rings is 2.